The van der Waals surface area contributed by atoms with Crippen LogP contribution in [-0.2, 0) is 6.42 Å². The van der Waals surface area contributed by atoms with E-state index >= 15 is 0 Å². The fraction of sp³-hybridized carbons (Fsp3) is 0.500. The predicted octanol–water partition coefficient (Wildman–Crippen LogP) is 5.35. The minimum Gasteiger partial charge on any atom is -0.493 e. The first kappa shape index (κ1) is 23.7. The van der Waals surface area contributed by atoms with Gasteiger partial charge in [0.05, 0.1) is 14.2 Å². The summed E-state index contributed by atoms with van der Waals surface area (Å²) in [7, 11) is 3.18. The molecule has 2 N–H and O–H groups in total. The number of ether oxygens (including phenoxy) is 2. The molecule has 1 aliphatic heterocycles. The Balaban J connectivity index is 1.27. The van der Waals surface area contributed by atoms with Gasteiger partial charge in [0.15, 0.2) is 11.5 Å². The molecule has 0 radical (unpaired) electrons. The molecule has 2 aromatic carbocycles. The molecule has 2 aromatic rings. The van der Waals surface area contributed by atoms with Gasteiger partial charge in [-0.15, -0.1) is 0 Å². The van der Waals surface area contributed by atoms with E-state index < -0.39 is 0 Å². The molecule has 2 unspecified atom stereocenters. The second-order valence-electron chi connectivity index (χ2n) is 9.08. The number of hydrogen-bond acceptors (Lipinski definition) is 4. The van der Waals surface area contributed by atoms with Crippen LogP contribution in [0.3, 0.4) is 0 Å². The lowest BCUT2D eigenvalue weighted by molar-refractivity contribution is 0.119. The molecular formula is C26H34ClN3O3. The van der Waals surface area contributed by atoms with Crippen molar-refractivity contribution in [3.05, 3.63) is 53.1 Å². The van der Waals surface area contributed by atoms with E-state index in [1.54, 1.807) is 26.4 Å². The molecule has 0 aromatic heterocycles. The number of rotatable bonds is 7. The van der Waals surface area contributed by atoms with Crippen LogP contribution in [0, 0.1) is 5.92 Å². The minimum atomic E-state index is -0.170. The Kier molecular flexibility index (Phi) is 7.99. The van der Waals surface area contributed by atoms with Gasteiger partial charge < -0.3 is 20.1 Å². The van der Waals surface area contributed by atoms with Crippen molar-refractivity contribution in [3.8, 4) is 11.5 Å². The summed E-state index contributed by atoms with van der Waals surface area (Å²) in [6.07, 6.45) is 6.83. The van der Waals surface area contributed by atoms with Gasteiger partial charge in [0.1, 0.15) is 0 Å². The highest BCUT2D eigenvalue weighted by molar-refractivity contribution is 6.30. The molecule has 178 valence electrons. The summed E-state index contributed by atoms with van der Waals surface area (Å²) in [5, 5.41) is 6.96. The normalized spacial score (nSPS) is 21.5. The zero-order valence-electron chi connectivity index (χ0n) is 19.5. The number of carbonyl (C=O) groups excluding carboxylic acids is 1. The van der Waals surface area contributed by atoms with Gasteiger partial charge in [-0.2, -0.15) is 0 Å². The van der Waals surface area contributed by atoms with E-state index in [1.165, 1.54) is 18.4 Å². The lowest BCUT2D eigenvalue weighted by Crippen LogP contribution is -2.52. The fourth-order valence-electron chi connectivity index (χ4n) is 5.24. The van der Waals surface area contributed by atoms with Crippen LogP contribution in [-0.4, -0.2) is 50.3 Å². The molecule has 2 fully saturated rings. The summed E-state index contributed by atoms with van der Waals surface area (Å²) in [6.45, 7) is 2.19. The lowest BCUT2D eigenvalue weighted by Gasteiger charge is -2.38. The van der Waals surface area contributed by atoms with E-state index in [0.717, 1.165) is 43.8 Å². The summed E-state index contributed by atoms with van der Waals surface area (Å²) in [5.41, 5.74) is 2.05. The Morgan fingerprint density at radius 1 is 1.00 bits per heavy atom. The number of benzene rings is 2. The number of anilines is 1. The number of carbonyl (C=O) groups is 1. The zero-order chi connectivity index (χ0) is 23.2. The first-order chi connectivity index (χ1) is 16.1. The van der Waals surface area contributed by atoms with Crippen molar-refractivity contribution in [1.82, 2.24) is 10.2 Å². The van der Waals surface area contributed by atoms with Crippen molar-refractivity contribution in [2.45, 2.75) is 50.6 Å². The highest BCUT2D eigenvalue weighted by atomic mass is 35.5. The van der Waals surface area contributed by atoms with Crippen molar-refractivity contribution in [2.75, 3.05) is 32.6 Å². The number of halogens is 1. The largest absolute Gasteiger partial charge is 0.493 e. The van der Waals surface area contributed by atoms with Crippen LogP contribution in [0.4, 0.5) is 10.5 Å². The Morgan fingerprint density at radius 3 is 2.42 bits per heavy atom. The highest BCUT2D eigenvalue weighted by Gasteiger charge is 2.35. The third-order valence-electron chi connectivity index (χ3n) is 6.99. The van der Waals surface area contributed by atoms with Crippen molar-refractivity contribution < 1.29 is 14.3 Å². The molecule has 2 aliphatic rings. The molecule has 33 heavy (non-hydrogen) atoms. The molecule has 1 aliphatic carbocycles. The van der Waals surface area contributed by atoms with E-state index in [4.69, 9.17) is 21.1 Å². The molecule has 1 saturated carbocycles. The van der Waals surface area contributed by atoms with Crippen molar-refractivity contribution in [2.24, 2.45) is 5.92 Å². The van der Waals surface area contributed by atoms with Gasteiger partial charge in [0.2, 0.25) is 0 Å². The zero-order valence-corrected chi connectivity index (χ0v) is 20.2. The maximum Gasteiger partial charge on any atom is 0.319 e. The minimum absolute atomic E-state index is 0.170. The van der Waals surface area contributed by atoms with E-state index in [-0.39, 0.29) is 12.1 Å². The molecule has 0 bridgehead atoms. The SMILES string of the molecule is COc1ccc(NC(=O)NC2CCCC2N2CCC(Cc3ccc(Cl)cc3)CC2)cc1OC. The van der Waals surface area contributed by atoms with Gasteiger partial charge in [0, 0.05) is 28.9 Å². The molecule has 1 saturated heterocycles. The Hall–Kier alpha value is -2.44. The Labute approximate surface area is 201 Å². The van der Waals surface area contributed by atoms with Gasteiger partial charge in [0.25, 0.3) is 0 Å². The van der Waals surface area contributed by atoms with Gasteiger partial charge in [-0.25, -0.2) is 4.79 Å². The van der Waals surface area contributed by atoms with Gasteiger partial charge in [-0.05, 0) is 87.4 Å². The van der Waals surface area contributed by atoms with Crippen LogP contribution in [0.5, 0.6) is 11.5 Å². The first-order valence-electron chi connectivity index (χ1n) is 11.8. The second kappa shape index (κ2) is 11.1. The van der Waals surface area contributed by atoms with E-state index in [9.17, 15) is 4.79 Å². The maximum absolute atomic E-state index is 12.7. The maximum atomic E-state index is 12.7. The molecule has 6 nitrogen and oxygen atoms in total. The summed E-state index contributed by atoms with van der Waals surface area (Å²) in [5.74, 6) is 1.94. The van der Waals surface area contributed by atoms with Gasteiger partial charge >= 0.3 is 6.03 Å². The molecule has 1 heterocycles. The summed E-state index contributed by atoms with van der Waals surface area (Å²) >= 11 is 6.02. The number of nitrogens with one attached hydrogen (secondary N) is 2. The fourth-order valence-corrected chi connectivity index (χ4v) is 5.36. The third kappa shape index (κ3) is 6.12. The van der Waals surface area contributed by atoms with Crippen LogP contribution < -0.4 is 20.1 Å². The molecular weight excluding hydrogens is 438 g/mol. The van der Waals surface area contributed by atoms with Crippen LogP contribution >= 0.6 is 11.6 Å². The average Bonchev–Trinajstić information content (AvgIpc) is 3.28. The van der Waals surface area contributed by atoms with Crippen molar-refractivity contribution in [1.29, 1.82) is 0 Å². The average molecular weight is 472 g/mol. The van der Waals surface area contributed by atoms with E-state index in [2.05, 4.69) is 27.7 Å². The lowest BCUT2D eigenvalue weighted by atomic mass is 9.89. The summed E-state index contributed by atoms with van der Waals surface area (Å²) < 4.78 is 10.6. The molecule has 4 rings (SSSR count). The smallest absolute Gasteiger partial charge is 0.319 e. The predicted molar refractivity (Wildman–Crippen MR) is 133 cm³/mol. The molecule has 2 amide bonds. The highest BCUT2D eigenvalue weighted by Crippen LogP contribution is 2.31. The van der Waals surface area contributed by atoms with Gasteiger partial charge in [-0.1, -0.05) is 23.7 Å². The topological polar surface area (TPSA) is 62.8 Å². The number of hydrogen-bond donors (Lipinski definition) is 2. The quantitative estimate of drug-likeness (QED) is 0.571. The third-order valence-corrected chi connectivity index (χ3v) is 7.25. The van der Waals surface area contributed by atoms with Crippen LogP contribution in [0.1, 0.15) is 37.7 Å². The number of likely N-dealkylation sites (tertiary alicyclic amines) is 1. The number of urea groups is 1. The number of nitrogens with zero attached hydrogens (tertiary/aromatic N) is 1. The Morgan fingerprint density at radius 2 is 1.73 bits per heavy atom. The van der Waals surface area contributed by atoms with E-state index in [1.807, 2.05) is 18.2 Å². The van der Waals surface area contributed by atoms with Crippen molar-refractivity contribution >= 4 is 23.3 Å². The van der Waals surface area contributed by atoms with Crippen LogP contribution in [0.15, 0.2) is 42.5 Å². The van der Waals surface area contributed by atoms with E-state index in [0.29, 0.717) is 29.1 Å². The molecule has 0 spiro atoms. The summed E-state index contributed by atoms with van der Waals surface area (Å²) in [6, 6.07) is 14.1. The standard InChI is InChI=1S/C26H34ClN3O3/c1-32-24-11-10-21(17-25(24)33-2)28-26(31)29-22-4-3-5-23(22)30-14-12-19(13-15-30)16-18-6-8-20(27)9-7-18/h6-11,17,19,22-23H,3-5,12-16H2,1-2H3,(H2,28,29,31). The molecule has 7 heteroatoms. The molecule has 2 atom stereocenters. The van der Waals surface area contributed by atoms with Crippen LogP contribution in [0.2, 0.25) is 5.02 Å². The summed E-state index contributed by atoms with van der Waals surface area (Å²) in [4.78, 5) is 15.3. The number of amides is 2. The second-order valence-corrected chi connectivity index (χ2v) is 9.52. The first-order valence-corrected chi connectivity index (χ1v) is 12.2. The van der Waals surface area contributed by atoms with Crippen molar-refractivity contribution in [3.63, 3.8) is 0 Å². The van der Waals surface area contributed by atoms with Crippen LogP contribution in [0.25, 0.3) is 0 Å². The number of piperidine rings is 1. The number of methoxy groups -OCH3 is 2. The monoisotopic (exact) mass is 471 g/mol. The van der Waals surface area contributed by atoms with Gasteiger partial charge in [-0.3, -0.25) is 4.90 Å². The Bertz CT molecular complexity index is 929.